The molecular formula is C18H23N5O3S. The molecule has 0 bridgehead atoms. The summed E-state index contributed by atoms with van der Waals surface area (Å²) in [5, 5.41) is 2.60. The summed E-state index contributed by atoms with van der Waals surface area (Å²) in [5.41, 5.74) is 1.98. The Morgan fingerprint density at radius 1 is 1.15 bits per heavy atom. The van der Waals surface area contributed by atoms with Crippen molar-refractivity contribution in [2.45, 2.75) is 38.1 Å². The average Bonchev–Trinajstić information content (AvgIpc) is 3.14. The quantitative estimate of drug-likeness (QED) is 0.781. The third kappa shape index (κ3) is 5.01. The van der Waals surface area contributed by atoms with E-state index < -0.39 is 10.0 Å². The molecule has 2 N–H and O–H groups in total. The van der Waals surface area contributed by atoms with E-state index in [0.29, 0.717) is 17.3 Å². The number of amides is 1. The van der Waals surface area contributed by atoms with Gasteiger partial charge in [-0.3, -0.25) is 4.79 Å². The first-order chi connectivity index (χ1) is 12.8. The average molecular weight is 389 g/mol. The van der Waals surface area contributed by atoms with Crippen LogP contribution in [0.4, 0.5) is 11.6 Å². The summed E-state index contributed by atoms with van der Waals surface area (Å²) >= 11 is 0. The van der Waals surface area contributed by atoms with E-state index >= 15 is 0 Å². The number of hydrogen-bond donors (Lipinski definition) is 2. The molecule has 1 amide bonds. The molecule has 1 saturated heterocycles. The molecule has 8 nitrogen and oxygen atoms in total. The van der Waals surface area contributed by atoms with Crippen molar-refractivity contribution in [3.8, 4) is 0 Å². The number of aryl methyl sites for hydroxylation is 1. The summed E-state index contributed by atoms with van der Waals surface area (Å²) in [4.78, 5) is 22.2. The van der Waals surface area contributed by atoms with Crippen molar-refractivity contribution in [3.63, 3.8) is 0 Å². The van der Waals surface area contributed by atoms with Gasteiger partial charge in [-0.25, -0.2) is 23.1 Å². The number of benzene rings is 1. The Morgan fingerprint density at radius 2 is 1.81 bits per heavy atom. The minimum atomic E-state index is -3.69. The number of aromatic nitrogens is 2. The maximum Gasteiger partial charge on any atom is 0.240 e. The normalized spacial score (nSPS) is 14.4. The molecule has 0 radical (unpaired) electrons. The molecule has 27 heavy (non-hydrogen) atoms. The van der Waals surface area contributed by atoms with Crippen LogP contribution in [0.2, 0.25) is 0 Å². The smallest absolute Gasteiger partial charge is 0.240 e. The van der Waals surface area contributed by atoms with Gasteiger partial charge in [-0.1, -0.05) is 0 Å². The van der Waals surface area contributed by atoms with E-state index in [0.717, 1.165) is 31.6 Å². The van der Waals surface area contributed by atoms with E-state index in [-0.39, 0.29) is 17.3 Å². The van der Waals surface area contributed by atoms with Crippen LogP contribution in [0.1, 0.15) is 31.2 Å². The molecule has 144 valence electrons. The first-order valence-electron chi connectivity index (χ1n) is 8.80. The van der Waals surface area contributed by atoms with Gasteiger partial charge in [-0.05, 0) is 50.1 Å². The number of nitrogens with zero attached hydrogens (tertiary/aromatic N) is 3. The molecule has 1 fully saturated rings. The largest absolute Gasteiger partial charge is 0.341 e. The van der Waals surface area contributed by atoms with Crippen LogP contribution in [-0.4, -0.2) is 37.4 Å². The van der Waals surface area contributed by atoms with Gasteiger partial charge >= 0.3 is 0 Å². The number of rotatable bonds is 6. The van der Waals surface area contributed by atoms with Crippen molar-refractivity contribution < 1.29 is 13.2 Å². The lowest BCUT2D eigenvalue weighted by molar-refractivity contribution is -0.114. The van der Waals surface area contributed by atoms with Crippen molar-refractivity contribution in [2.24, 2.45) is 0 Å². The topological polar surface area (TPSA) is 104 Å². The van der Waals surface area contributed by atoms with E-state index in [1.807, 2.05) is 6.92 Å². The SMILES string of the molecule is CC(=O)Nc1ccc(S(=O)(=O)NCc2cc(C)nc(N3CCCC3)n2)cc1. The van der Waals surface area contributed by atoms with E-state index in [1.54, 1.807) is 18.2 Å². The number of nitrogens with one attached hydrogen (secondary N) is 2. The Balaban J connectivity index is 1.70. The zero-order valence-electron chi connectivity index (χ0n) is 15.4. The second kappa shape index (κ2) is 8.01. The molecule has 9 heteroatoms. The highest BCUT2D eigenvalue weighted by molar-refractivity contribution is 7.89. The Morgan fingerprint density at radius 3 is 2.44 bits per heavy atom. The molecule has 2 aromatic rings. The number of hydrogen-bond acceptors (Lipinski definition) is 6. The summed E-state index contributed by atoms with van der Waals surface area (Å²) in [6, 6.07) is 7.79. The van der Waals surface area contributed by atoms with Gasteiger partial charge in [-0.15, -0.1) is 0 Å². The molecule has 0 spiro atoms. The molecule has 0 saturated carbocycles. The molecule has 0 unspecified atom stereocenters. The minimum absolute atomic E-state index is 0.0833. The molecule has 3 rings (SSSR count). The molecule has 1 aromatic heterocycles. The summed E-state index contributed by atoms with van der Waals surface area (Å²) in [5.74, 6) is 0.443. The van der Waals surface area contributed by atoms with Crippen LogP contribution in [0, 0.1) is 6.92 Å². The number of anilines is 2. The molecule has 2 heterocycles. The summed E-state index contributed by atoms with van der Waals surface area (Å²) < 4.78 is 27.6. The Labute approximate surface area is 159 Å². The number of carbonyl (C=O) groups excluding carboxylic acids is 1. The molecular weight excluding hydrogens is 366 g/mol. The van der Waals surface area contributed by atoms with E-state index in [4.69, 9.17) is 0 Å². The highest BCUT2D eigenvalue weighted by atomic mass is 32.2. The minimum Gasteiger partial charge on any atom is -0.341 e. The first kappa shape index (κ1) is 19.2. The molecule has 0 aliphatic carbocycles. The summed E-state index contributed by atoms with van der Waals surface area (Å²) in [7, 11) is -3.69. The number of sulfonamides is 1. The van der Waals surface area contributed by atoms with Crippen molar-refractivity contribution in [1.29, 1.82) is 0 Å². The lowest BCUT2D eigenvalue weighted by atomic mass is 10.3. The molecule has 1 aliphatic heterocycles. The van der Waals surface area contributed by atoms with Crippen molar-refractivity contribution >= 4 is 27.6 Å². The maximum atomic E-state index is 12.5. The zero-order chi connectivity index (χ0) is 19.4. The standard InChI is InChI=1S/C18H23N5O3S/c1-13-11-16(22-18(20-13)23-9-3-4-10-23)12-19-27(25,26)17-7-5-15(6-8-17)21-14(2)24/h5-8,11,19H,3-4,9-10,12H2,1-2H3,(H,21,24). The fourth-order valence-electron chi connectivity index (χ4n) is 2.94. The highest BCUT2D eigenvalue weighted by Crippen LogP contribution is 2.18. The van der Waals surface area contributed by atoms with Crippen molar-refractivity contribution in [1.82, 2.24) is 14.7 Å². The van der Waals surface area contributed by atoms with Crippen LogP contribution in [-0.2, 0) is 21.4 Å². The van der Waals surface area contributed by atoms with Gasteiger partial charge in [0.05, 0.1) is 17.1 Å². The molecule has 1 aliphatic rings. The number of carbonyl (C=O) groups is 1. The van der Waals surface area contributed by atoms with Crippen LogP contribution < -0.4 is 14.9 Å². The van der Waals surface area contributed by atoms with Crippen molar-refractivity contribution in [3.05, 3.63) is 41.7 Å². The predicted octanol–water partition coefficient (Wildman–Crippen LogP) is 1.82. The fraction of sp³-hybridized carbons (Fsp3) is 0.389. The van der Waals surface area contributed by atoms with Gasteiger partial charge in [0.15, 0.2) is 0 Å². The third-order valence-corrected chi connectivity index (χ3v) is 5.63. The van der Waals surface area contributed by atoms with Crippen LogP contribution in [0.15, 0.2) is 35.2 Å². The maximum absolute atomic E-state index is 12.5. The van der Waals surface area contributed by atoms with Gasteiger partial charge in [0, 0.05) is 31.4 Å². The van der Waals surface area contributed by atoms with Gasteiger partial charge in [0.25, 0.3) is 0 Å². The lowest BCUT2D eigenvalue weighted by Crippen LogP contribution is -2.25. The first-order valence-corrected chi connectivity index (χ1v) is 10.3. The predicted molar refractivity (Wildman–Crippen MR) is 103 cm³/mol. The van der Waals surface area contributed by atoms with E-state index in [9.17, 15) is 13.2 Å². The Hall–Kier alpha value is -2.52. The van der Waals surface area contributed by atoms with Gasteiger partial charge in [0.1, 0.15) is 0 Å². The van der Waals surface area contributed by atoms with E-state index in [2.05, 4.69) is 24.9 Å². The van der Waals surface area contributed by atoms with Crippen LogP contribution in [0.5, 0.6) is 0 Å². The van der Waals surface area contributed by atoms with Gasteiger partial charge in [0.2, 0.25) is 21.9 Å². The third-order valence-electron chi connectivity index (χ3n) is 4.21. The van der Waals surface area contributed by atoms with E-state index in [1.165, 1.54) is 19.1 Å². The monoisotopic (exact) mass is 389 g/mol. The van der Waals surface area contributed by atoms with Crippen LogP contribution in [0.25, 0.3) is 0 Å². The second-order valence-corrected chi connectivity index (χ2v) is 8.29. The van der Waals surface area contributed by atoms with Crippen LogP contribution >= 0.6 is 0 Å². The van der Waals surface area contributed by atoms with Gasteiger partial charge in [-0.2, -0.15) is 0 Å². The second-order valence-electron chi connectivity index (χ2n) is 6.52. The zero-order valence-corrected chi connectivity index (χ0v) is 16.2. The Kier molecular flexibility index (Phi) is 5.71. The van der Waals surface area contributed by atoms with Crippen molar-refractivity contribution in [2.75, 3.05) is 23.3 Å². The fourth-order valence-corrected chi connectivity index (χ4v) is 3.94. The Bertz CT molecular complexity index is 923. The molecule has 0 atom stereocenters. The summed E-state index contributed by atoms with van der Waals surface area (Å²) in [6.45, 7) is 5.21. The summed E-state index contributed by atoms with van der Waals surface area (Å²) in [6.07, 6.45) is 2.24. The molecule has 1 aromatic carbocycles. The van der Waals surface area contributed by atoms with Gasteiger partial charge < -0.3 is 10.2 Å². The highest BCUT2D eigenvalue weighted by Gasteiger charge is 2.18. The lowest BCUT2D eigenvalue weighted by Gasteiger charge is -2.16. The van der Waals surface area contributed by atoms with Crippen LogP contribution in [0.3, 0.4) is 0 Å².